The summed E-state index contributed by atoms with van der Waals surface area (Å²) in [7, 11) is 1.66. The monoisotopic (exact) mass is 497 g/mol. The number of aliphatic hydroxyl groups is 1. The van der Waals surface area contributed by atoms with Crippen LogP contribution in [-0.2, 0) is 9.53 Å². The smallest absolute Gasteiger partial charge is 0.224 e. The van der Waals surface area contributed by atoms with Crippen molar-refractivity contribution in [1.82, 2.24) is 9.88 Å². The van der Waals surface area contributed by atoms with Crippen LogP contribution in [0.4, 0.5) is 5.82 Å². The second-order valence-corrected chi connectivity index (χ2v) is 10.6. The molecule has 1 aromatic heterocycles. The molecule has 196 valence electrons. The maximum atomic E-state index is 12.9. The molecule has 0 radical (unpaired) electrons. The number of anilines is 1. The van der Waals surface area contributed by atoms with E-state index < -0.39 is 5.79 Å². The Balaban J connectivity index is 1.44. The zero-order chi connectivity index (χ0) is 25.9. The van der Waals surface area contributed by atoms with E-state index in [1.54, 1.807) is 27.2 Å². The van der Waals surface area contributed by atoms with Gasteiger partial charge in [0.05, 0.1) is 33.2 Å². The molecule has 4 rings (SSSR count). The molecule has 1 amide bonds. The highest BCUT2D eigenvalue weighted by Gasteiger charge is 2.44. The first-order valence-corrected chi connectivity index (χ1v) is 12.8. The van der Waals surface area contributed by atoms with Crippen molar-refractivity contribution < 1.29 is 24.1 Å². The van der Waals surface area contributed by atoms with Gasteiger partial charge in [-0.1, -0.05) is 26.0 Å². The van der Waals surface area contributed by atoms with Crippen LogP contribution in [0.1, 0.15) is 52.0 Å². The lowest BCUT2D eigenvalue weighted by Gasteiger charge is -2.40. The van der Waals surface area contributed by atoms with E-state index in [0.717, 1.165) is 36.6 Å². The molecule has 2 saturated heterocycles. The maximum Gasteiger partial charge on any atom is 0.224 e. The van der Waals surface area contributed by atoms with Gasteiger partial charge in [0.15, 0.2) is 17.3 Å². The van der Waals surface area contributed by atoms with E-state index in [1.165, 1.54) is 0 Å². The highest BCUT2D eigenvalue weighted by Crippen LogP contribution is 2.47. The molecule has 2 aromatic rings. The molecule has 8 heteroatoms. The predicted molar refractivity (Wildman–Crippen MR) is 138 cm³/mol. The summed E-state index contributed by atoms with van der Waals surface area (Å²) in [5, 5.41) is 9.76. The summed E-state index contributed by atoms with van der Waals surface area (Å²) in [6.07, 6.45) is 3.07. The fourth-order valence-electron chi connectivity index (χ4n) is 5.08. The number of carbonyl (C=O) groups excluding carboxylic acids is 1. The Labute approximate surface area is 214 Å². The van der Waals surface area contributed by atoms with Crippen LogP contribution in [-0.4, -0.2) is 72.7 Å². The molecule has 0 bridgehead atoms. The minimum Gasteiger partial charge on any atom is -0.493 e. The van der Waals surface area contributed by atoms with Crippen molar-refractivity contribution in [1.29, 1.82) is 0 Å². The Morgan fingerprint density at radius 3 is 2.61 bits per heavy atom. The number of ether oxygens (including phenoxy) is 3. The van der Waals surface area contributed by atoms with Gasteiger partial charge >= 0.3 is 0 Å². The van der Waals surface area contributed by atoms with Crippen LogP contribution in [0.25, 0.3) is 0 Å². The first-order valence-electron chi connectivity index (χ1n) is 12.8. The standard InChI is InChI=1S/C28H39N3O5/c1-6-28(4)19-31(26(32)12-14-35-27(2,3)33)18-22(28)20-10-11-23(34-5)24(15-20)36-21-16-30(17-21)25-9-7-8-13-29-25/h7-11,13,15,21-22,33H,6,12,14,16-19H2,1-5H3. The van der Waals surface area contributed by atoms with Crippen molar-refractivity contribution in [3.63, 3.8) is 0 Å². The largest absolute Gasteiger partial charge is 0.493 e. The van der Waals surface area contributed by atoms with Gasteiger partial charge < -0.3 is 29.1 Å². The third-order valence-corrected chi connectivity index (χ3v) is 7.43. The fraction of sp³-hybridized carbons (Fsp3) is 0.571. The van der Waals surface area contributed by atoms with E-state index in [1.807, 2.05) is 29.2 Å². The molecule has 36 heavy (non-hydrogen) atoms. The van der Waals surface area contributed by atoms with Crippen LogP contribution in [0.15, 0.2) is 42.6 Å². The zero-order valence-corrected chi connectivity index (χ0v) is 22.1. The quantitative estimate of drug-likeness (QED) is 0.500. The number of aromatic nitrogens is 1. The Bertz CT molecular complexity index is 1040. The minimum atomic E-state index is -1.24. The van der Waals surface area contributed by atoms with Crippen molar-refractivity contribution in [3.05, 3.63) is 48.2 Å². The lowest BCUT2D eigenvalue weighted by molar-refractivity contribution is -0.178. The number of methoxy groups -OCH3 is 1. The number of hydrogen-bond donors (Lipinski definition) is 1. The van der Waals surface area contributed by atoms with E-state index in [0.29, 0.717) is 18.8 Å². The first kappa shape index (κ1) is 26.2. The Morgan fingerprint density at radius 2 is 1.97 bits per heavy atom. The first-order chi connectivity index (χ1) is 17.1. The molecule has 0 aliphatic carbocycles. The summed E-state index contributed by atoms with van der Waals surface area (Å²) in [6.45, 7) is 10.7. The molecular formula is C28H39N3O5. The number of rotatable bonds is 10. The average Bonchev–Trinajstić information content (AvgIpc) is 3.19. The van der Waals surface area contributed by atoms with Crippen molar-refractivity contribution in [2.24, 2.45) is 5.41 Å². The fourth-order valence-corrected chi connectivity index (χ4v) is 5.08. The van der Waals surface area contributed by atoms with Crippen LogP contribution in [0.3, 0.4) is 0 Å². The lowest BCUT2D eigenvalue weighted by Crippen LogP contribution is -2.54. The number of likely N-dealkylation sites (tertiary alicyclic amines) is 1. The average molecular weight is 498 g/mol. The molecule has 2 unspecified atom stereocenters. The molecule has 0 spiro atoms. The van der Waals surface area contributed by atoms with E-state index in [4.69, 9.17) is 14.2 Å². The number of amides is 1. The van der Waals surface area contributed by atoms with Crippen LogP contribution < -0.4 is 14.4 Å². The SMILES string of the molecule is CCC1(C)CN(C(=O)CCOC(C)(C)O)CC1c1ccc(OC)c(OC2CN(c3ccccn3)C2)c1. The molecule has 2 aliphatic heterocycles. The molecule has 0 saturated carbocycles. The molecule has 2 aliphatic rings. The maximum absolute atomic E-state index is 12.9. The summed E-state index contributed by atoms with van der Waals surface area (Å²) in [4.78, 5) is 21.5. The van der Waals surface area contributed by atoms with Crippen molar-refractivity contribution in [2.75, 3.05) is 44.8 Å². The summed E-state index contributed by atoms with van der Waals surface area (Å²) in [5.41, 5.74) is 1.10. The van der Waals surface area contributed by atoms with Gasteiger partial charge in [-0.2, -0.15) is 0 Å². The van der Waals surface area contributed by atoms with E-state index in [-0.39, 0.29) is 36.4 Å². The molecule has 8 nitrogen and oxygen atoms in total. The third-order valence-electron chi connectivity index (χ3n) is 7.43. The van der Waals surface area contributed by atoms with E-state index >= 15 is 0 Å². The van der Waals surface area contributed by atoms with Crippen LogP contribution >= 0.6 is 0 Å². The van der Waals surface area contributed by atoms with Gasteiger partial charge in [-0.25, -0.2) is 4.98 Å². The highest BCUT2D eigenvalue weighted by molar-refractivity contribution is 5.77. The normalized spacial score (nSPS) is 22.4. The minimum absolute atomic E-state index is 0.0507. The predicted octanol–water partition coefficient (Wildman–Crippen LogP) is 3.84. The van der Waals surface area contributed by atoms with Crippen molar-refractivity contribution in [3.8, 4) is 11.5 Å². The van der Waals surface area contributed by atoms with Gasteiger partial charge in [-0.3, -0.25) is 4.79 Å². The molecule has 1 aromatic carbocycles. The molecule has 1 N–H and O–H groups in total. The number of benzene rings is 1. The number of pyridine rings is 1. The molecular weight excluding hydrogens is 458 g/mol. The number of nitrogens with zero attached hydrogens (tertiary/aromatic N) is 3. The second kappa shape index (κ2) is 10.6. The lowest BCUT2D eigenvalue weighted by atomic mass is 9.74. The second-order valence-electron chi connectivity index (χ2n) is 10.6. The zero-order valence-electron chi connectivity index (χ0n) is 22.1. The Morgan fingerprint density at radius 1 is 1.19 bits per heavy atom. The third kappa shape index (κ3) is 5.93. The number of hydrogen-bond acceptors (Lipinski definition) is 7. The molecule has 2 atom stereocenters. The van der Waals surface area contributed by atoms with Gasteiger partial charge in [0.2, 0.25) is 5.91 Å². The summed E-state index contributed by atoms with van der Waals surface area (Å²) in [6, 6.07) is 12.1. The van der Waals surface area contributed by atoms with Gasteiger partial charge in [0, 0.05) is 25.2 Å². The van der Waals surface area contributed by atoms with Crippen molar-refractivity contribution in [2.45, 2.75) is 58.3 Å². The summed E-state index contributed by atoms with van der Waals surface area (Å²) < 4.78 is 17.3. The number of carbonyl (C=O) groups is 1. The molecule has 3 heterocycles. The van der Waals surface area contributed by atoms with Crippen LogP contribution in [0.5, 0.6) is 11.5 Å². The highest BCUT2D eigenvalue weighted by atomic mass is 16.6. The van der Waals surface area contributed by atoms with E-state index in [2.05, 4.69) is 35.9 Å². The van der Waals surface area contributed by atoms with E-state index in [9.17, 15) is 9.90 Å². The summed E-state index contributed by atoms with van der Waals surface area (Å²) in [5.74, 6) is 1.41. The molecule has 2 fully saturated rings. The Kier molecular flexibility index (Phi) is 7.76. The van der Waals surface area contributed by atoms with Crippen LogP contribution in [0, 0.1) is 5.41 Å². The van der Waals surface area contributed by atoms with Crippen LogP contribution in [0.2, 0.25) is 0 Å². The Hall–Kier alpha value is -2.84. The van der Waals surface area contributed by atoms with Gasteiger partial charge in [-0.15, -0.1) is 0 Å². The van der Waals surface area contributed by atoms with Crippen molar-refractivity contribution >= 4 is 11.7 Å². The van der Waals surface area contributed by atoms with Gasteiger partial charge in [0.1, 0.15) is 11.9 Å². The van der Waals surface area contributed by atoms with Gasteiger partial charge in [0.25, 0.3) is 0 Å². The van der Waals surface area contributed by atoms with Gasteiger partial charge in [-0.05, 0) is 55.5 Å². The topological polar surface area (TPSA) is 84.4 Å². The summed E-state index contributed by atoms with van der Waals surface area (Å²) >= 11 is 0.